The van der Waals surface area contributed by atoms with Gasteiger partial charge in [-0.2, -0.15) is 0 Å². The number of halogens is 1. The highest BCUT2D eigenvalue weighted by molar-refractivity contribution is 8.13. The van der Waals surface area contributed by atoms with Crippen LogP contribution in [0.5, 0.6) is 0 Å². The first-order valence-corrected chi connectivity index (χ1v) is 10.0. The molecular formula is C13H16ClNO5S2. The van der Waals surface area contributed by atoms with Gasteiger partial charge >= 0.3 is 5.97 Å². The molecule has 1 aliphatic heterocycles. The maximum absolute atomic E-state index is 12.2. The summed E-state index contributed by atoms with van der Waals surface area (Å²) in [4.78, 5) is 26.5. The molecule has 0 spiro atoms. The van der Waals surface area contributed by atoms with Crippen LogP contribution >= 0.6 is 22.0 Å². The van der Waals surface area contributed by atoms with Crippen molar-refractivity contribution in [2.75, 3.05) is 23.8 Å². The third-order valence-corrected chi connectivity index (χ3v) is 5.54. The predicted molar refractivity (Wildman–Crippen MR) is 85.1 cm³/mol. The molecule has 1 atom stereocenters. The van der Waals surface area contributed by atoms with Gasteiger partial charge in [0.25, 0.3) is 0 Å². The first kappa shape index (κ1) is 17.2. The Balaban J connectivity index is 2.25. The van der Waals surface area contributed by atoms with Gasteiger partial charge in [0.05, 0.1) is 17.9 Å². The second kappa shape index (κ2) is 6.55. The van der Waals surface area contributed by atoms with Crippen molar-refractivity contribution in [3.05, 3.63) is 16.5 Å². The zero-order chi connectivity index (χ0) is 16.5. The van der Waals surface area contributed by atoms with Crippen LogP contribution in [-0.4, -0.2) is 39.2 Å². The number of thiophene rings is 1. The molecular weight excluding hydrogens is 350 g/mol. The lowest BCUT2D eigenvalue weighted by molar-refractivity contribution is -0.117. The minimum atomic E-state index is -3.66. The zero-order valence-electron chi connectivity index (χ0n) is 12.2. The van der Waals surface area contributed by atoms with Gasteiger partial charge in [-0.1, -0.05) is 0 Å². The third-order valence-electron chi connectivity index (χ3n) is 3.22. The molecule has 2 rings (SSSR count). The number of carbonyl (C=O) groups excluding carboxylic acids is 2. The van der Waals surface area contributed by atoms with E-state index in [1.54, 1.807) is 13.0 Å². The van der Waals surface area contributed by atoms with Crippen LogP contribution in [-0.2, 0) is 18.6 Å². The van der Waals surface area contributed by atoms with Crippen molar-refractivity contribution in [2.24, 2.45) is 5.92 Å². The van der Waals surface area contributed by atoms with Crippen molar-refractivity contribution in [1.29, 1.82) is 0 Å². The second-order valence-corrected chi connectivity index (χ2v) is 9.13. The molecule has 0 radical (unpaired) electrons. The van der Waals surface area contributed by atoms with Gasteiger partial charge in [-0.25, -0.2) is 13.2 Å². The van der Waals surface area contributed by atoms with E-state index in [2.05, 4.69) is 0 Å². The molecule has 1 unspecified atom stereocenters. The first-order valence-electron chi connectivity index (χ1n) is 6.71. The largest absolute Gasteiger partial charge is 0.462 e. The fourth-order valence-electron chi connectivity index (χ4n) is 2.43. The fourth-order valence-corrected chi connectivity index (χ4v) is 4.77. The Morgan fingerprint density at radius 1 is 1.55 bits per heavy atom. The minimum absolute atomic E-state index is 0.102. The van der Waals surface area contributed by atoms with Crippen molar-refractivity contribution in [3.63, 3.8) is 0 Å². The lowest BCUT2D eigenvalue weighted by Gasteiger charge is -2.16. The molecule has 0 saturated carbocycles. The highest BCUT2D eigenvalue weighted by Gasteiger charge is 2.36. The highest BCUT2D eigenvalue weighted by atomic mass is 35.7. The summed E-state index contributed by atoms with van der Waals surface area (Å²) in [5, 5.41) is 0.510. The van der Waals surface area contributed by atoms with Gasteiger partial charge in [0.1, 0.15) is 5.00 Å². The maximum Gasteiger partial charge on any atom is 0.341 e. The Hall–Kier alpha value is -1.12. The molecule has 1 aromatic heterocycles. The van der Waals surface area contributed by atoms with Crippen LogP contribution in [0.3, 0.4) is 0 Å². The summed E-state index contributed by atoms with van der Waals surface area (Å²) in [7, 11) is 1.59. The molecule has 1 fully saturated rings. The zero-order valence-corrected chi connectivity index (χ0v) is 14.6. The second-order valence-electron chi connectivity index (χ2n) is 5.08. The van der Waals surface area contributed by atoms with Gasteiger partial charge in [-0.05, 0) is 19.9 Å². The highest BCUT2D eigenvalue weighted by Crippen LogP contribution is 2.36. The van der Waals surface area contributed by atoms with E-state index in [0.717, 1.165) is 4.88 Å². The van der Waals surface area contributed by atoms with E-state index in [9.17, 15) is 18.0 Å². The van der Waals surface area contributed by atoms with Gasteiger partial charge < -0.3 is 9.64 Å². The molecule has 1 aliphatic rings. The number of hydrogen-bond acceptors (Lipinski definition) is 6. The molecule has 6 nitrogen and oxygen atoms in total. The van der Waals surface area contributed by atoms with Gasteiger partial charge in [0.2, 0.25) is 15.0 Å². The van der Waals surface area contributed by atoms with Crippen molar-refractivity contribution < 1.29 is 22.7 Å². The van der Waals surface area contributed by atoms with Gasteiger partial charge in [-0.3, -0.25) is 4.79 Å². The molecule has 1 saturated heterocycles. The molecule has 1 amide bonds. The van der Waals surface area contributed by atoms with Crippen molar-refractivity contribution >= 4 is 47.9 Å². The van der Waals surface area contributed by atoms with Crippen molar-refractivity contribution in [1.82, 2.24) is 0 Å². The van der Waals surface area contributed by atoms with Crippen LogP contribution in [0.4, 0.5) is 5.00 Å². The fraction of sp³-hybridized carbons (Fsp3) is 0.538. The molecule has 0 aliphatic carbocycles. The van der Waals surface area contributed by atoms with Gasteiger partial charge in [0, 0.05) is 34.4 Å². The topological polar surface area (TPSA) is 80.8 Å². The normalized spacial score (nSPS) is 18.8. The summed E-state index contributed by atoms with van der Waals surface area (Å²) in [6, 6.07) is 1.68. The first-order chi connectivity index (χ1) is 10.2. The number of aryl methyl sites for hydroxylation is 1. The molecule has 1 aromatic rings. The van der Waals surface area contributed by atoms with Crippen molar-refractivity contribution in [2.45, 2.75) is 20.3 Å². The summed E-state index contributed by atoms with van der Waals surface area (Å²) in [5.74, 6) is -1.32. The number of anilines is 1. The quantitative estimate of drug-likeness (QED) is 0.590. The third kappa shape index (κ3) is 3.99. The average Bonchev–Trinajstić information content (AvgIpc) is 2.90. The van der Waals surface area contributed by atoms with Crippen LogP contribution in [0.2, 0.25) is 0 Å². The van der Waals surface area contributed by atoms with E-state index >= 15 is 0 Å². The van der Waals surface area contributed by atoms with E-state index in [0.29, 0.717) is 10.6 Å². The Labute approximate surface area is 137 Å². The molecule has 122 valence electrons. The SMILES string of the molecule is CCOC(=O)c1cc(C)sc1N1CC(CS(=O)(=O)Cl)CC1=O. The summed E-state index contributed by atoms with van der Waals surface area (Å²) in [6.07, 6.45) is 0.102. The molecule has 9 heteroatoms. The molecule has 0 N–H and O–H groups in total. The van der Waals surface area contributed by atoms with Gasteiger partial charge in [0.15, 0.2) is 0 Å². The number of nitrogens with zero attached hydrogens (tertiary/aromatic N) is 1. The number of hydrogen-bond donors (Lipinski definition) is 0. The summed E-state index contributed by atoms with van der Waals surface area (Å²) < 4.78 is 27.3. The average molecular weight is 366 g/mol. The van der Waals surface area contributed by atoms with Crippen LogP contribution in [0.15, 0.2) is 6.07 Å². The Kier molecular flexibility index (Phi) is 5.14. The van der Waals surface area contributed by atoms with Gasteiger partial charge in [-0.15, -0.1) is 11.3 Å². The van der Waals surface area contributed by atoms with Crippen LogP contribution in [0, 0.1) is 12.8 Å². The maximum atomic E-state index is 12.2. The molecule has 0 aromatic carbocycles. The van der Waals surface area contributed by atoms with Crippen LogP contribution < -0.4 is 4.90 Å². The number of amides is 1. The van der Waals surface area contributed by atoms with Crippen molar-refractivity contribution in [3.8, 4) is 0 Å². The van der Waals surface area contributed by atoms with Crippen LogP contribution in [0.1, 0.15) is 28.6 Å². The lowest BCUT2D eigenvalue weighted by Crippen LogP contribution is -2.26. The summed E-state index contributed by atoms with van der Waals surface area (Å²) in [5.41, 5.74) is 0.340. The smallest absolute Gasteiger partial charge is 0.341 e. The summed E-state index contributed by atoms with van der Waals surface area (Å²) in [6.45, 7) is 4.02. The van der Waals surface area contributed by atoms with E-state index in [-0.39, 0.29) is 37.2 Å². The molecule has 0 bridgehead atoms. The molecule has 22 heavy (non-hydrogen) atoms. The van der Waals surface area contributed by atoms with E-state index in [1.165, 1.54) is 16.2 Å². The minimum Gasteiger partial charge on any atom is -0.462 e. The van der Waals surface area contributed by atoms with E-state index in [4.69, 9.17) is 15.4 Å². The van der Waals surface area contributed by atoms with Crippen LogP contribution in [0.25, 0.3) is 0 Å². The van der Waals surface area contributed by atoms with E-state index < -0.39 is 15.0 Å². The predicted octanol–water partition coefficient (Wildman–Crippen LogP) is 2.15. The van der Waals surface area contributed by atoms with E-state index in [1.807, 2.05) is 6.92 Å². The monoisotopic (exact) mass is 365 g/mol. The summed E-state index contributed by atoms with van der Waals surface area (Å²) >= 11 is 1.31. The number of rotatable bonds is 5. The standard InChI is InChI=1S/C13H16ClNO5S2/c1-3-20-13(17)10-4-8(2)21-12(10)15-6-9(5-11(15)16)7-22(14,18)19/h4,9H,3,5-7H2,1-2H3. The Morgan fingerprint density at radius 3 is 2.82 bits per heavy atom. The Morgan fingerprint density at radius 2 is 2.23 bits per heavy atom. The lowest BCUT2D eigenvalue weighted by atomic mass is 10.1. The number of carbonyl (C=O) groups is 2. The number of esters is 1. The number of ether oxygens (including phenoxy) is 1. The molecule has 2 heterocycles. The Bertz CT molecular complexity index is 697.